The Labute approximate surface area is 110 Å². The van der Waals surface area contributed by atoms with Gasteiger partial charge in [-0.25, -0.2) is 9.37 Å². The minimum absolute atomic E-state index is 0.286. The molecule has 1 amide bonds. The summed E-state index contributed by atoms with van der Waals surface area (Å²) in [6, 6.07) is 3.13. The van der Waals surface area contributed by atoms with Gasteiger partial charge in [-0.15, -0.1) is 0 Å². The number of benzene rings is 1. The SMILES string of the molecule is Cc1cc2c(cc1F)nc(N)n2CCCCC(N)=O. The number of aryl methyl sites for hydroxylation is 2. The number of nitrogens with zero attached hydrogens (tertiary/aromatic N) is 2. The van der Waals surface area contributed by atoms with E-state index in [-0.39, 0.29) is 11.7 Å². The molecule has 6 heteroatoms. The number of hydrogen-bond donors (Lipinski definition) is 2. The molecule has 0 fully saturated rings. The minimum Gasteiger partial charge on any atom is -0.370 e. The van der Waals surface area contributed by atoms with Crippen LogP contribution in [0.4, 0.5) is 10.3 Å². The van der Waals surface area contributed by atoms with Crippen molar-refractivity contribution >= 4 is 22.9 Å². The molecule has 5 nitrogen and oxygen atoms in total. The van der Waals surface area contributed by atoms with Crippen LogP contribution in [0, 0.1) is 12.7 Å². The van der Waals surface area contributed by atoms with Crippen molar-refractivity contribution in [2.75, 3.05) is 5.73 Å². The molecule has 1 aromatic heterocycles. The molecule has 102 valence electrons. The molecule has 0 radical (unpaired) electrons. The van der Waals surface area contributed by atoms with E-state index in [0.717, 1.165) is 11.9 Å². The predicted molar refractivity (Wildman–Crippen MR) is 71.9 cm³/mol. The number of anilines is 1. The Hall–Kier alpha value is -2.11. The first-order chi connectivity index (χ1) is 8.99. The maximum absolute atomic E-state index is 13.4. The van der Waals surface area contributed by atoms with E-state index in [1.165, 1.54) is 6.07 Å². The van der Waals surface area contributed by atoms with Crippen LogP contribution >= 0.6 is 0 Å². The Morgan fingerprint density at radius 2 is 2.16 bits per heavy atom. The van der Waals surface area contributed by atoms with E-state index < -0.39 is 0 Å². The van der Waals surface area contributed by atoms with E-state index in [2.05, 4.69) is 4.98 Å². The lowest BCUT2D eigenvalue weighted by Crippen LogP contribution is -2.10. The van der Waals surface area contributed by atoms with Gasteiger partial charge in [0.1, 0.15) is 5.82 Å². The zero-order valence-corrected chi connectivity index (χ0v) is 10.8. The van der Waals surface area contributed by atoms with Crippen molar-refractivity contribution in [1.82, 2.24) is 9.55 Å². The molecule has 0 unspecified atom stereocenters. The molecular weight excluding hydrogens is 247 g/mol. The molecule has 1 aromatic carbocycles. The molecule has 19 heavy (non-hydrogen) atoms. The Morgan fingerprint density at radius 1 is 1.42 bits per heavy atom. The molecule has 0 atom stereocenters. The maximum atomic E-state index is 13.4. The van der Waals surface area contributed by atoms with Crippen LogP contribution in [0.25, 0.3) is 11.0 Å². The van der Waals surface area contributed by atoms with Crippen molar-refractivity contribution in [3.63, 3.8) is 0 Å². The average Bonchev–Trinajstić information content (AvgIpc) is 2.61. The van der Waals surface area contributed by atoms with Crippen LogP contribution in [0.1, 0.15) is 24.8 Å². The first-order valence-electron chi connectivity index (χ1n) is 6.19. The molecule has 0 spiro atoms. The second kappa shape index (κ2) is 5.26. The van der Waals surface area contributed by atoms with E-state index in [4.69, 9.17) is 11.5 Å². The van der Waals surface area contributed by atoms with Crippen molar-refractivity contribution in [1.29, 1.82) is 0 Å². The van der Waals surface area contributed by atoms with Gasteiger partial charge in [-0.2, -0.15) is 0 Å². The molecule has 1 heterocycles. The molecule has 0 saturated carbocycles. The maximum Gasteiger partial charge on any atom is 0.217 e. The van der Waals surface area contributed by atoms with Crippen molar-refractivity contribution in [2.24, 2.45) is 5.73 Å². The fourth-order valence-electron chi connectivity index (χ4n) is 2.07. The van der Waals surface area contributed by atoms with Crippen molar-refractivity contribution in [3.05, 3.63) is 23.5 Å². The van der Waals surface area contributed by atoms with Crippen molar-refractivity contribution in [2.45, 2.75) is 32.7 Å². The Morgan fingerprint density at radius 3 is 2.84 bits per heavy atom. The molecule has 4 N–H and O–H groups in total. The summed E-state index contributed by atoms with van der Waals surface area (Å²) in [5, 5.41) is 0. The van der Waals surface area contributed by atoms with Crippen LogP contribution in [0.3, 0.4) is 0 Å². The zero-order chi connectivity index (χ0) is 14.0. The van der Waals surface area contributed by atoms with E-state index in [1.807, 2.05) is 4.57 Å². The standard InChI is InChI=1S/C13H17FN4O/c1-8-6-11-10(7-9(8)14)17-13(16)18(11)5-3-2-4-12(15)19/h6-7H,2-5H2,1H3,(H2,15,19)(H2,16,17). The Kier molecular flexibility index (Phi) is 3.69. The summed E-state index contributed by atoms with van der Waals surface area (Å²) in [4.78, 5) is 14.8. The van der Waals surface area contributed by atoms with Crippen LogP contribution in [0.2, 0.25) is 0 Å². The van der Waals surface area contributed by atoms with Crippen LogP contribution < -0.4 is 11.5 Å². The van der Waals surface area contributed by atoms with E-state index in [1.54, 1.807) is 13.0 Å². The predicted octanol–water partition coefficient (Wildman–Crippen LogP) is 1.72. The number of fused-ring (bicyclic) bond motifs is 1. The number of aromatic nitrogens is 2. The van der Waals surface area contributed by atoms with Crippen LogP contribution in [-0.4, -0.2) is 15.5 Å². The van der Waals surface area contributed by atoms with E-state index in [0.29, 0.717) is 36.4 Å². The first-order valence-corrected chi connectivity index (χ1v) is 6.19. The highest BCUT2D eigenvalue weighted by Crippen LogP contribution is 2.22. The molecular formula is C13H17FN4O. The van der Waals surface area contributed by atoms with E-state index in [9.17, 15) is 9.18 Å². The molecule has 0 aliphatic carbocycles. The number of carbonyl (C=O) groups excluding carboxylic acids is 1. The summed E-state index contributed by atoms with van der Waals surface area (Å²) in [5.74, 6) is -0.230. The van der Waals surface area contributed by atoms with Gasteiger partial charge in [0.2, 0.25) is 11.9 Å². The molecule has 0 aliphatic rings. The topological polar surface area (TPSA) is 86.9 Å². The highest BCUT2D eigenvalue weighted by molar-refractivity contribution is 5.79. The number of primary amides is 1. The number of nitrogen functional groups attached to an aromatic ring is 1. The third-order valence-electron chi connectivity index (χ3n) is 3.11. The molecule has 0 aliphatic heterocycles. The fraction of sp³-hybridized carbons (Fsp3) is 0.385. The first kappa shape index (κ1) is 13.3. The summed E-state index contributed by atoms with van der Waals surface area (Å²) in [5.41, 5.74) is 12.8. The molecule has 2 rings (SSSR count). The van der Waals surface area contributed by atoms with Gasteiger partial charge in [0.25, 0.3) is 0 Å². The van der Waals surface area contributed by atoms with Crippen molar-refractivity contribution < 1.29 is 9.18 Å². The lowest BCUT2D eigenvalue weighted by atomic mass is 10.2. The number of rotatable bonds is 5. The Bertz CT molecular complexity index is 621. The summed E-state index contributed by atoms with van der Waals surface area (Å²) in [7, 11) is 0. The fourth-order valence-corrected chi connectivity index (χ4v) is 2.07. The largest absolute Gasteiger partial charge is 0.370 e. The van der Waals surface area contributed by atoms with Crippen LogP contribution in [0.15, 0.2) is 12.1 Å². The number of imidazole rings is 1. The number of carbonyl (C=O) groups is 1. The number of unbranched alkanes of at least 4 members (excludes halogenated alkanes) is 1. The lowest BCUT2D eigenvalue weighted by Gasteiger charge is -2.06. The number of hydrogen-bond acceptors (Lipinski definition) is 3. The smallest absolute Gasteiger partial charge is 0.217 e. The molecule has 2 aromatic rings. The van der Waals surface area contributed by atoms with Gasteiger partial charge in [0.15, 0.2) is 0 Å². The highest BCUT2D eigenvalue weighted by Gasteiger charge is 2.10. The summed E-state index contributed by atoms with van der Waals surface area (Å²) >= 11 is 0. The van der Waals surface area contributed by atoms with Gasteiger partial charge in [0, 0.05) is 19.0 Å². The third kappa shape index (κ3) is 2.83. The second-order valence-corrected chi connectivity index (χ2v) is 4.64. The normalized spacial score (nSPS) is 11.1. The second-order valence-electron chi connectivity index (χ2n) is 4.64. The molecule has 0 bridgehead atoms. The van der Waals surface area contributed by atoms with Crippen molar-refractivity contribution in [3.8, 4) is 0 Å². The van der Waals surface area contributed by atoms with Gasteiger partial charge in [-0.1, -0.05) is 0 Å². The monoisotopic (exact) mass is 264 g/mol. The van der Waals surface area contributed by atoms with Gasteiger partial charge in [-0.05, 0) is 31.4 Å². The van der Waals surface area contributed by atoms with Gasteiger partial charge >= 0.3 is 0 Å². The quantitative estimate of drug-likeness (QED) is 0.806. The minimum atomic E-state index is -0.304. The lowest BCUT2D eigenvalue weighted by molar-refractivity contribution is -0.118. The van der Waals surface area contributed by atoms with Crippen LogP contribution in [0.5, 0.6) is 0 Å². The summed E-state index contributed by atoms with van der Waals surface area (Å²) in [6.45, 7) is 2.34. The van der Waals surface area contributed by atoms with Gasteiger partial charge in [-0.3, -0.25) is 4.79 Å². The average molecular weight is 264 g/mol. The number of amides is 1. The van der Waals surface area contributed by atoms with Gasteiger partial charge < -0.3 is 16.0 Å². The number of halogens is 1. The zero-order valence-electron chi connectivity index (χ0n) is 10.8. The molecule has 0 saturated heterocycles. The third-order valence-corrected chi connectivity index (χ3v) is 3.11. The Balaban J connectivity index is 2.20. The highest BCUT2D eigenvalue weighted by atomic mass is 19.1. The van der Waals surface area contributed by atoms with Crippen LogP contribution in [-0.2, 0) is 11.3 Å². The summed E-state index contributed by atoms with van der Waals surface area (Å²) < 4.78 is 15.3. The number of nitrogens with two attached hydrogens (primary N) is 2. The van der Waals surface area contributed by atoms with Gasteiger partial charge in [0.05, 0.1) is 11.0 Å². The summed E-state index contributed by atoms with van der Waals surface area (Å²) in [6.07, 6.45) is 1.84. The van der Waals surface area contributed by atoms with E-state index >= 15 is 0 Å².